The summed E-state index contributed by atoms with van der Waals surface area (Å²) in [6, 6.07) is 7.51. The van der Waals surface area contributed by atoms with Crippen LogP contribution in [0, 0.1) is 19.8 Å². The zero-order chi connectivity index (χ0) is 21.8. The van der Waals surface area contributed by atoms with Gasteiger partial charge in [-0.3, -0.25) is 9.59 Å². The third-order valence-corrected chi connectivity index (χ3v) is 5.87. The van der Waals surface area contributed by atoms with E-state index < -0.39 is 17.7 Å². The number of ether oxygens (including phenoxy) is 1. The molecule has 3 rings (SSSR count). The fourth-order valence-corrected chi connectivity index (χ4v) is 4.14. The number of H-pyrrole nitrogens is 1. The van der Waals surface area contributed by atoms with Gasteiger partial charge in [0, 0.05) is 17.3 Å². The van der Waals surface area contributed by atoms with Crippen LogP contribution in [0.2, 0.25) is 0 Å². The molecule has 1 heterocycles. The van der Waals surface area contributed by atoms with Crippen molar-refractivity contribution >= 4 is 17.7 Å². The van der Waals surface area contributed by atoms with Crippen LogP contribution in [0.4, 0.5) is 0 Å². The summed E-state index contributed by atoms with van der Waals surface area (Å²) in [5.74, 6) is -1.48. The van der Waals surface area contributed by atoms with Crippen LogP contribution in [-0.4, -0.2) is 35.3 Å². The van der Waals surface area contributed by atoms with Gasteiger partial charge in [0.05, 0.1) is 12.2 Å². The summed E-state index contributed by atoms with van der Waals surface area (Å²) in [6.45, 7) is 7.73. The minimum absolute atomic E-state index is 0.00129. The van der Waals surface area contributed by atoms with E-state index in [2.05, 4.69) is 17.2 Å². The predicted molar refractivity (Wildman–Crippen MR) is 116 cm³/mol. The van der Waals surface area contributed by atoms with Gasteiger partial charge in [0.25, 0.3) is 11.7 Å². The largest absolute Gasteiger partial charge is 0.462 e. The molecule has 1 aliphatic rings. The highest BCUT2D eigenvalue weighted by molar-refractivity contribution is 6.44. The Bertz CT molecular complexity index is 943. The Labute approximate surface area is 177 Å². The van der Waals surface area contributed by atoms with Crippen LogP contribution in [0.1, 0.15) is 71.6 Å². The lowest BCUT2D eigenvalue weighted by Crippen LogP contribution is -2.44. The maximum Gasteiger partial charge on any atom is 0.340 e. The van der Waals surface area contributed by atoms with Crippen molar-refractivity contribution < 1.29 is 19.1 Å². The van der Waals surface area contributed by atoms with Crippen LogP contribution in [0.15, 0.2) is 24.3 Å². The van der Waals surface area contributed by atoms with Crippen molar-refractivity contribution in [1.82, 2.24) is 10.3 Å². The number of carbonyl (C=O) groups is 3. The third-order valence-electron chi connectivity index (χ3n) is 5.87. The maximum absolute atomic E-state index is 13.1. The molecule has 0 aliphatic heterocycles. The molecule has 30 heavy (non-hydrogen) atoms. The number of nitrogens with one attached hydrogen (secondary N) is 2. The fraction of sp³-hybridized carbons (Fsp3) is 0.458. The van der Waals surface area contributed by atoms with E-state index in [1.807, 2.05) is 31.2 Å². The number of aromatic amines is 1. The molecule has 2 aromatic rings. The van der Waals surface area contributed by atoms with Crippen LogP contribution in [0.5, 0.6) is 0 Å². The van der Waals surface area contributed by atoms with Crippen LogP contribution in [0.3, 0.4) is 0 Å². The molecular weight excluding hydrogens is 380 g/mol. The van der Waals surface area contributed by atoms with E-state index in [0.29, 0.717) is 28.3 Å². The summed E-state index contributed by atoms with van der Waals surface area (Å²) in [4.78, 5) is 41.6. The van der Waals surface area contributed by atoms with Crippen LogP contribution in [0.25, 0.3) is 11.1 Å². The maximum atomic E-state index is 13.1. The highest BCUT2D eigenvalue weighted by Gasteiger charge is 2.32. The van der Waals surface area contributed by atoms with E-state index in [4.69, 9.17) is 4.74 Å². The average Bonchev–Trinajstić information content (AvgIpc) is 3.07. The lowest BCUT2D eigenvalue weighted by Gasteiger charge is -2.29. The molecule has 1 saturated carbocycles. The second kappa shape index (κ2) is 9.28. The van der Waals surface area contributed by atoms with Crippen molar-refractivity contribution in [2.24, 2.45) is 5.92 Å². The first-order chi connectivity index (χ1) is 14.3. The number of hydrogen-bond acceptors (Lipinski definition) is 4. The van der Waals surface area contributed by atoms with Gasteiger partial charge in [-0.05, 0) is 45.1 Å². The quantitative estimate of drug-likeness (QED) is 0.421. The number of carbonyl (C=O) groups excluding carboxylic acids is 3. The molecule has 0 saturated heterocycles. The number of aromatic nitrogens is 1. The molecule has 160 valence electrons. The highest BCUT2D eigenvalue weighted by Crippen LogP contribution is 2.32. The molecule has 1 aromatic carbocycles. The molecule has 0 radical (unpaired) electrons. The number of benzene rings is 1. The Morgan fingerprint density at radius 1 is 1.10 bits per heavy atom. The van der Waals surface area contributed by atoms with E-state index >= 15 is 0 Å². The van der Waals surface area contributed by atoms with Gasteiger partial charge in [-0.1, -0.05) is 49.6 Å². The standard InChI is InChI=1S/C24H30N2O4/c1-5-30-24(29)19-16(4)25-21(20(19)17-12-10-14(2)11-13-17)22(27)23(28)26-18-9-7-6-8-15(18)3/h10-13,15,18,25H,5-9H2,1-4H3,(H,26,28)/t15-,18+/m0/s1. The lowest BCUT2D eigenvalue weighted by atomic mass is 9.86. The van der Waals surface area contributed by atoms with Gasteiger partial charge in [0.1, 0.15) is 5.69 Å². The second-order valence-electron chi connectivity index (χ2n) is 8.13. The van der Waals surface area contributed by atoms with Crippen LogP contribution < -0.4 is 5.32 Å². The van der Waals surface area contributed by atoms with E-state index in [1.54, 1.807) is 13.8 Å². The zero-order valence-electron chi connectivity index (χ0n) is 18.1. The topological polar surface area (TPSA) is 88.3 Å². The fourth-order valence-electron chi connectivity index (χ4n) is 4.14. The summed E-state index contributed by atoms with van der Waals surface area (Å²) in [5, 5.41) is 2.91. The van der Waals surface area contributed by atoms with Crippen LogP contribution >= 0.6 is 0 Å². The average molecular weight is 411 g/mol. The number of ketones is 1. The summed E-state index contributed by atoms with van der Waals surface area (Å²) >= 11 is 0. The van der Waals surface area contributed by atoms with Gasteiger partial charge in [0.2, 0.25) is 0 Å². The first-order valence-electron chi connectivity index (χ1n) is 10.6. The number of amides is 1. The van der Waals surface area contributed by atoms with E-state index in [9.17, 15) is 14.4 Å². The van der Waals surface area contributed by atoms with Gasteiger partial charge in [-0.15, -0.1) is 0 Å². The SMILES string of the molecule is CCOC(=O)c1c(C)[nH]c(C(=O)C(=O)N[C@@H]2CCCC[C@@H]2C)c1-c1ccc(C)cc1. The van der Waals surface area contributed by atoms with E-state index in [1.165, 1.54) is 0 Å². The second-order valence-corrected chi connectivity index (χ2v) is 8.13. The van der Waals surface area contributed by atoms with Gasteiger partial charge >= 0.3 is 5.97 Å². The molecule has 0 unspecified atom stereocenters. The summed E-state index contributed by atoms with van der Waals surface area (Å²) in [7, 11) is 0. The van der Waals surface area contributed by atoms with Crippen molar-refractivity contribution in [1.29, 1.82) is 0 Å². The normalized spacial score (nSPS) is 18.7. The molecule has 1 amide bonds. The number of esters is 1. The molecule has 6 nitrogen and oxygen atoms in total. The molecule has 1 fully saturated rings. The van der Waals surface area contributed by atoms with Gasteiger partial charge in [-0.25, -0.2) is 4.79 Å². The summed E-state index contributed by atoms with van der Waals surface area (Å²) < 4.78 is 5.21. The van der Waals surface area contributed by atoms with Crippen molar-refractivity contribution in [2.75, 3.05) is 6.61 Å². The summed E-state index contributed by atoms with van der Waals surface area (Å²) in [6.07, 6.45) is 4.12. The Kier molecular flexibility index (Phi) is 6.75. The molecular formula is C24H30N2O4. The molecule has 2 N–H and O–H groups in total. The van der Waals surface area contributed by atoms with Crippen molar-refractivity contribution in [3.05, 3.63) is 46.8 Å². The first kappa shape index (κ1) is 21.8. The number of rotatable bonds is 6. The molecule has 2 atom stereocenters. The monoisotopic (exact) mass is 410 g/mol. The Morgan fingerprint density at radius 3 is 2.40 bits per heavy atom. The van der Waals surface area contributed by atoms with E-state index in [-0.39, 0.29) is 18.3 Å². The number of aryl methyl sites for hydroxylation is 2. The molecule has 6 heteroatoms. The van der Waals surface area contributed by atoms with Crippen molar-refractivity contribution in [2.45, 2.75) is 59.4 Å². The Hall–Kier alpha value is -2.89. The first-order valence-corrected chi connectivity index (χ1v) is 10.6. The number of Topliss-reactive ketones (excluding diaryl/α,β-unsaturated/α-hetero) is 1. The van der Waals surface area contributed by atoms with Gasteiger partial charge < -0.3 is 15.0 Å². The Morgan fingerprint density at radius 2 is 1.77 bits per heavy atom. The van der Waals surface area contributed by atoms with Gasteiger partial charge in [-0.2, -0.15) is 0 Å². The minimum Gasteiger partial charge on any atom is -0.462 e. The third kappa shape index (κ3) is 4.48. The van der Waals surface area contributed by atoms with Crippen LogP contribution in [-0.2, 0) is 9.53 Å². The van der Waals surface area contributed by atoms with Gasteiger partial charge in [0.15, 0.2) is 0 Å². The van der Waals surface area contributed by atoms with E-state index in [0.717, 1.165) is 31.2 Å². The van der Waals surface area contributed by atoms with Crippen molar-refractivity contribution in [3.63, 3.8) is 0 Å². The summed E-state index contributed by atoms with van der Waals surface area (Å²) in [5.41, 5.74) is 3.09. The molecule has 1 aromatic heterocycles. The lowest BCUT2D eigenvalue weighted by molar-refractivity contribution is -0.118. The predicted octanol–water partition coefficient (Wildman–Crippen LogP) is 4.35. The zero-order valence-corrected chi connectivity index (χ0v) is 18.1. The minimum atomic E-state index is -0.665. The molecule has 1 aliphatic carbocycles. The van der Waals surface area contributed by atoms with Crippen molar-refractivity contribution in [3.8, 4) is 11.1 Å². The molecule has 0 spiro atoms. The number of hydrogen-bond donors (Lipinski definition) is 2. The smallest absolute Gasteiger partial charge is 0.340 e. The Balaban J connectivity index is 1.99. The highest BCUT2D eigenvalue weighted by atomic mass is 16.5. The molecule has 0 bridgehead atoms.